The second-order valence-electron chi connectivity index (χ2n) is 15.4. The van der Waals surface area contributed by atoms with Gasteiger partial charge in [-0.3, -0.25) is 19.8 Å². The van der Waals surface area contributed by atoms with E-state index >= 15 is 0 Å². The number of halogens is 1. The molecule has 0 saturated carbocycles. The Bertz CT molecular complexity index is 2390. The van der Waals surface area contributed by atoms with Gasteiger partial charge in [-0.2, -0.15) is 0 Å². The molecule has 17 heteroatoms. The van der Waals surface area contributed by atoms with Crippen molar-refractivity contribution in [3.63, 3.8) is 0 Å². The Labute approximate surface area is 381 Å². The standard InChI is InChI=1S/C24H28N6O2.C23H25BrN6O2/c1-4-23(31)25-18-6-5-7-20(15-18)32-24-16-22(27-28-24)26-21-9-8-19(14-17(21)2)30-12-10-29(3)11-13-30;1-3-22(31)25-16-5-4-6-18(13-16)32-23-15-21(27-28-23)26-20-8-7-17(14-19(20)24)30-11-9-29(2)10-12-30/h4-9,14-16H,1,10-13H2,2-3H3,(H,25,31)(H2,26,27,28);3-8,13-15H,1,9-12H2,2H3,(H,25,31)(H2,26,27,28). The Morgan fingerprint density at radius 1 is 0.625 bits per heavy atom. The quantitative estimate of drug-likeness (QED) is 0.0576. The zero-order chi connectivity index (χ0) is 45.0. The first kappa shape index (κ1) is 45.0. The number of aryl methyl sites for hydroxylation is 1. The summed E-state index contributed by atoms with van der Waals surface area (Å²) >= 11 is 3.67. The fourth-order valence-electron chi connectivity index (χ4n) is 6.95. The molecule has 0 unspecified atom stereocenters. The molecule has 2 amide bonds. The highest BCUT2D eigenvalue weighted by Gasteiger charge is 2.17. The maximum absolute atomic E-state index is 11.5. The number of aromatic amines is 2. The number of likely N-dealkylation sites (N-methyl/N-ethyl adjacent to an activating group) is 2. The van der Waals surface area contributed by atoms with Gasteiger partial charge in [0.15, 0.2) is 0 Å². The molecule has 64 heavy (non-hydrogen) atoms. The molecule has 0 atom stereocenters. The van der Waals surface area contributed by atoms with E-state index in [9.17, 15) is 9.59 Å². The third-order valence-electron chi connectivity index (χ3n) is 10.6. The maximum atomic E-state index is 11.5. The minimum Gasteiger partial charge on any atom is -0.437 e. The number of nitrogens with zero attached hydrogens (tertiary/aromatic N) is 6. The lowest BCUT2D eigenvalue weighted by molar-refractivity contribution is -0.112. The van der Waals surface area contributed by atoms with Gasteiger partial charge in [0.05, 0.1) is 5.69 Å². The highest BCUT2D eigenvalue weighted by molar-refractivity contribution is 9.10. The minimum atomic E-state index is -0.280. The summed E-state index contributed by atoms with van der Waals surface area (Å²) in [4.78, 5) is 32.5. The molecule has 2 aromatic heterocycles. The Balaban J connectivity index is 0.000000191. The molecule has 6 N–H and O–H groups in total. The molecule has 6 aromatic rings. The van der Waals surface area contributed by atoms with Gasteiger partial charge in [0.25, 0.3) is 0 Å². The van der Waals surface area contributed by atoms with Crippen molar-refractivity contribution in [2.45, 2.75) is 6.92 Å². The van der Waals surface area contributed by atoms with Crippen LogP contribution in [0.5, 0.6) is 23.3 Å². The van der Waals surface area contributed by atoms with Gasteiger partial charge in [-0.05, 0) is 115 Å². The number of carbonyl (C=O) groups excluding carboxylic acids is 2. The Kier molecular flexibility index (Phi) is 15.0. The van der Waals surface area contributed by atoms with E-state index in [1.807, 2.05) is 6.07 Å². The highest BCUT2D eigenvalue weighted by atomic mass is 79.9. The molecule has 2 saturated heterocycles. The molecule has 0 bridgehead atoms. The van der Waals surface area contributed by atoms with Crippen molar-refractivity contribution in [1.29, 1.82) is 0 Å². The van der Waals surface area contributed by atoms with E-state index in [4.69, 9.17) is 9.47 Å². The molecular weight excluding hydrogens is 877 g/mol. The zero-order valence-electron chi connectivity index (χ0n) is 36.2. The third-order valence-corrected chi connectivity index (χ3v) is 11.2. The molecule has 2 fully saturated rings. The summed E-state index contributed by atoms with van der Waals surface area (Å²) in [6.45, 7) is 17.4. The van der Waals surface area contributed by atoms with E-state index in [0.29, 0.717) is 40.5 Å². The van der Waals surface area contributed by atoms with Gasteiger partial charge in [-0.1, -0.05) is 25.3 Å². The van der Waals surface area contributed by atoms with E-state index in [0.717, 1.165) is 79.6 Å². The summed E-state index contributed by atoms with van der Waals surface area (Å²) in [6.07, 6.45) is 2.44. The molecule has 0 aliphatic carbocycles. The first-order valence-electron chi connectivity index (χ1n) is 20.8. The lowest BCUT2D eigenvalue weighted by atomic mass is 10.1. The van der Waals surface area contributed by atoms with Crippen molar-refractivity contribution < 1.29 is 19.1 Å². The second kappa shape index (κ2) is 21.3. The Hall–Kier alpha value is -7.08. The van der Waals surface area contributed by atoms with Gasteiger partial charge in [0, 0.05) is 110 Å². The van der Waals surface area contributed by atoms with Crippen LogP contribution in [0.1, 0.15) is 5.56 Å². The number of anilines is 8. The number of ether oxygens (including phenoxy) is 2. The number of benzene rings is 4. The SMILES string of the molecule is C=CC(=O)Nc1cccc(Oc2cc(Nc3ccc(N4CCN(C)CC4)cc3Br)[nH]n2)c1.C=CC(=O)Nc1cccc(Oc2cc(Nc3ccc(N4CCN(C)CC4)cc3C)[nH]n2)c1. The topological polar surface area (TPSA) is 171 Å². The van der Waals surface area contributed by atoms with Crippen molar-refractivity contribution >= 4 is 73.5 Å². The number of aromatic nitrogens is 4. The molecule has 0 radical (unpaired) electrons. The van der Waals surface area contributed by atoms with Crippen molar-refractivity contribution in [3.8, 4) is 23.3 Å². The lowest BCUT2D eigenvalue weighted by Gasteiger charge is -2.34. The molecular formula is C47H53BrN12O4. The van der Waals surface area contributed by atoms with E-state index < -0.39 is 0 Å². The molecule has 0 spiro atoms. The fraction of sp³-hybridized carbons (Fsp3) is 0.234. The number of H-pyrrole nitrogens is 2. The number of piperazine rings is 2. The van der Waals surface area contributed by atoms with Gasteiger partial charge in [-0.15, -0.1) is 10.2 Å². The van der Waals surface area contributed by atoms with Crippen LogP contribution in [0.15, 0.2) is 127 Å². The predicted molar refractivity (Wildman–Crippen MR) is 259 cm³/mol. The summed E-state index contributed by atoms with van der Waals surface area (Å²) in [7, 11) is 4.31. The Morgan fingerprint density at radius 2 is 1.08 bits per heavy atom. The number of rotatable bonds is 14. The third kappa shape index (κ3) is 12.5. The van der Waals surface area contributed by atoms with E-state index in [1.165, 1.54) is 23.5 Å². The van der Waals surface area contributed by atoms with Crippen LogP contribution in [0.25, 0.3) is 0 Å². The van der Waals surface area contributed by atoms with Crippen LogP contribution in [-0.4, -0.2) is 108 Å². The van der Waals surface area contributed by atoms with Crippen LogP contribution in [0.3, 0.4) is 0 Å². The average Bonchev–Trinajstić information content (AvgIpc) is 3.94. The lowest BCUT2D eigenvalue weighted by Crippen LogP contribution is -2.44. The minimum absolute atomic E-state index is 0.276. The Morgan fingerprint density at radius 3 is 1.53 bits per heavy atom. The normalized spacial score (nSPS) is 14.1. The number of hydrogen-bond donors (Lipinski definition) is 6. The zero-order valence-corrected chi connectivity index (χ0v) is 37.7. The summed E-state index contributed by atoms with van der Waals surface area (Å²) in [5, 5.41) is 26.4. The second-order valence-corrected chi connectivity index (χ2v) is 16.2. The first-order valence-corrected chi connectivity index (χ1v) is 21.6. The molecule has 2 aliphatic rings. The number of amides is 2. The van der Waals surface area contributed by atoms with E-state index in [2.05, 4.69) is 142 Å². The van der Waals surface area contributed by atoms with Gasteiger partial charge in [0.1, 0.15) is 23.1 Å². The van der Waals surface area contributed by atoms with Crippen molar-refractivity contribution in [3.05, 3.63) is 132 Å². The van der Waals surface area contributed by atoms with Gasteiger partial charge < -0.3 is 50.3 Å². The number of carbonyl (C=O) groups is 2. The van der Waals surface area contributed by atoms with Crippen molar-refractivity contribution in [1.82, 2.24) is 30.2 Å². The summed E-state index contributed by atoms with van der Waals surface area (Å²) in [5.41, 5.74) is 6.78. The number of nitrogens with one attached hydrogen (secondary N) is 6. The van der Waals surface area contributed by atoms with Gasteiger partial charge in [0.2, 0.25) is 23.6 Å². The van der Waals surface area contributed by atoms with Crippen LogP contribution < -0.4 is 40.5 Å². The monoisotopic (exact) mass is 928 g/mol. The van der Waals surface area contributed by atoms with E-state index in [-0.39, 0.29) is 11.8 Å². The predicted octanol–water partition coefficient (Wildman–Crippen LogP) is 8.71. The molecule has 16 nitrogen and oxygen atoms in total. The highest BCUT2D eigenvalue weighted by Crippen LogP contribution is 2.33. The van der Waals surface area contributed by atoms with Crippen LogP contribution in [0.4, 0.5) is 45.8 Å². The summed E-state index contributed by atoms with van der Waals surface area (Å²) in [6, 6.07) is 30.5. The largest absolute Gasteiger partial charge is 0.437 e. The maximum Gasteiger partial charge on any atom is 0.247 e. The van der Waals surface area contributed by atoms with E-state index in [1.54, 1.807) is 60.7 Å². The first-order chi connectivity index (χ1) is 31.0. The molecule has 8 rings (SSSR count). The molecule has 332 valence electrons. The molecule has 4 aromatic carbocycles. The van der Waals surface area contributed by atoms with Crippen LogP contribution in [-0.2, 0) is 9.59 Å². The van der Waals surface area contributed by atoms with Gasteiger partial charge >= 0.3 is 0 Å². The van der Waals surface area contributed by atoms with Crippen LogP contribution >= 0.6 is 15.9 Å². The van der Waals surface area contributed by atoms with Crippen molar-refractivity contribution in [2.24, 2.45) is 0 Å². The fourth-order valence-corrected chi connectivity index (χ4v) is 7.41. The molecule has 4 heterocycles. The average molecular weight is 930 g/mol. The van der Waals surface area contributed by atoms with Crippen LogP contribution in [0, 0.1) is 6.92 Å². The summed E-state index contributed by atoms with van der Waals surface area (Å²) < 4.78 is 12.6. The smallest absolute Gasteiger partial charge is 0.247 e. The summed E-state index contributed by atoms with van der Waals surface area (Å²) in [5.74, 6) is 2.83. The van der Waals surface area contributed by atoms with Crippen LogP contribution in [0.2, 0.25) is 0 Å². The van der Waals surface area contributed by atoms with Gasteiger partial charge in [-0.25, -0.2) is 0 Å². The molecule has 2 aliphatic heterocycles. The number of hydrogen-bond acceptors (Lipinski definition) is 12. The van der Waals surface area contributed by atoms with Crippen molar-refractivity contribution in [2.75, 3.05) is 97.5 Å².